The third kappa shape index (κ3) is 3.81. The highest BCUT2D eigenvalue weighted by Crippen LogP contribution is 2.33. The molecule has 0 N–H and O–H groups in total. The minimum atomic E-state index is -1.11. The number of para-hydroxylation sites is 1. The molecule has 5 nitrogen and oxygen atoms in total. The molecule has 0 unspecified atom stereocenters. The van der Waals surface area contributed by atoms with Gasteiger partial charge in [-0.05, 0) is 19.0 Å². The molecule has 0 aliphatic carbocycles. The Morgan fingerprint density at radius 1 is 1.32 bits per heavy atom. The number of nitriles is 1. The lowest BCUT2D eigenvalue weighted by atomic mass is 10.0. The molecule has 3 aromatic rings. The van der Waals surface area contributed by atoms with Crippen LogP contribution < -0.4 is 0 Å². The molecule has 0 atom stereocenters. The summed E-state index contributed by atoms with van der Waals surface area (Å²) in [4.78, 5) is 4.47. The van der Waals surface area contributed by atoms with Crippen molar-refractivity contribution >= 4 is 29.6 Å². The van der Waals surface area contributed by atoms with Gasteiger partial charge < -0.3 is 4.74 Å². The van der Waals surface area contributed by atoms with Crippen molar-refractivity contribution in [2.45, 2.75) is 39.3 Å². The zero-order valence-electron chi connectivity index (χ0n) is 15.0. The molecule has 7 heteroatoms. The van der Waals surface area contributed by atoms with E-state index in [1.165, 1.54) is 0 Å². The second kappa shape index (κ2) is 7.08. The summed E-state index contributed by atoms with van der Waals surface area (Å²) in [7, 11) is -1.11. The van der Waals surface area contributed by atoms with E-state index < -0.39 is 8.07 Å². The summed E-state index contributed by atoms with van der Waals surface area (Å²) in [6.45, 7) is 10.1. The van der Waals surface area contributed by atoms with Gasteiger partial charge in [-0.2, -0.15) is 10.4 Å². The topological polar surface area (TPSA) is 63.7 Å². The van der Waals surface area contributed by atoms with Crippen LogP contribution in [0.1, 0.15) is 11.4 Å². The number of hydrogen-bond acceptors (Lipinski definition) is 5. The molecule has 2 aromatic heterocycles. The maximum atomic E-state index is 9.54. The molecule has 0 amide bonds. The van der Waals surface area contributed by atoms with E-state index in [0.717, 1.165) is 39.7 Å². The van der Waals surface area contributed by atoms with E-state index in [2.05, 4.69) is 35.8 Å². The Balaban J connectivity index is 1.90. The SMILES string of the molecule is Cc1c(-c2cccc3scnc23)c(C#N)nn1COCC[Si](C)(C)C. The van der Waals surface area contributed by atoms with Gasteiger partial charge in [0.15, 0.2) is 5.69 Å². The third-order valence-electron chi connectivity index (χ3n) is 4.15. The van der Waals surface area contributed by atoms with Crippen LogP contribution in [0.25, 0.3) is 21.3 Å². The zero-order chi connectivity index (χ0) is 18.0. The van der Waals surface area contributed by atoms with E-state index in [4.69, 9.17) is 4.74 Å². The van der Waals surface area contributed by atoms with Crippen LogP contribution >= 0.6 is 11.3 Å². The largest absolute Gasteiger partial charge is 0.360 e. The fraction of sp³-hybridized carbons (Fsp3) is 0.389. The summed E-state index contributed by atoms with van der Waals surface area (Å²) in [6, 6.07) is 9.38. The molecule has 25 heavy (non-hydrogen) atoms. The van der Waals surface area contributed by atoms with Gasteiger partial charge in [0.05, 0.1) is 15.7 Å². The number of ether oxygens (including phenoxy) is 1. The van der Waals surface area contributed by atoms with Gasteiger partial charge in [0, 0.05) is 31.5 Å². The monoisotopic (exact) mass is 370 g/mol. The molecular weight excluding hydrogens is 348 g/mol. The minimum absolute atomic E-state index is 0.373. The van der Waals surface area contributed by atoms with E-state index >= 15 is 0 Å². The first-order chi connectivity index (χ1) is 11.9. The van der Waals surface area contributed by atoms with Crippen LogP contribution in [0.4, 0.5) is 0 Å². The number of aromatic nitrogens is 3. The average Bonchev–Trinajstić information content (AvgIpc) is 3.15. The van der Waals surface area contributed by atoms with Crippen LogP contribution in [0, 0.1) is 18.3 Å². The van der Waals surface area contributed by atoms with Crippen molar-refractivity contribution in [2.75, 3.05) is 6.61 Å². The number of fused-ring (bicyclic) bond motifs is 1. The predicted octanol–water partition coefficient (Wildman–Crippen LogP) is 4.65. The highest BCUT2D eigenvalue weighted by atomic mass is 32.1. The van der Waals surface area contributed by atoms with Gasteiger partial charge in [-0.1, -0.05) is 31.8 Å². The number of rotatable bonds is 6. The summed E-state index contributed by atoms with van der Waals surface area (Å²) in [5.41, 5.74) is 5.93. The lowest BCUT2D eigenvalue weighted by Crippen LogP contribution is -2.22. The number of nitrogens with zero attached hydrogens (tertiary/aromatic N) is 4. The molecule has 0 bridgehead atoms. The second-order valence-corrected chi connectivity index (χ2v) is 13.8. The first-order valence-corrected chi connectivity index (χ1v) is 12.9. The van der Waals surface area contributed by atoms with E-state index in [0.29, 0.717) is 12.4 Å². The van der Waals surface area contributed by atoms with Crippen LogP contribution in [0.15, 0.2) is 23.7 Å². The van der Waals surface area contributed by atoms with Crippen molar-refractivity contribution in [1.29, 1.82) is 5.26 Å². The fourth-order valence-electron chi connectivity index (χ4n) is 2.69. The van der Waals surface area contributed by atoms with Gasteiger partial charge in [0.25, 0.3) is 0 Å². The summed E-state index contributed by atoms with van der Waals surface area (Å²) >= 11 is 1.60. The van der Waals surface area contributed by atoms with Crippen molar-refractivity contribution in [1.82, 2.24) is 14.8 Å². The van der Waals surface area contributed by atoms with E-state index in [1.54, 1.807) is 16.0 Å². The van der Waals surface area contributed by atoms with Gasteiger partial charge >= 0.3 is 0 Å². The molecule has 0 radical (unpaired) electrons. The van der Waals surface area contributed by atoms with Crippen LogP contribution in [-0.2, 0) is 11.5 Å². The highest BCUT2D eigenvalue weighted by Gasteiger charge is 2.19. The maximum Gasteiger partial charge on any atom is 0.170 e. The zero-order valence-corrected chi connectivity index (χ0v) is 16.9. The van der Waals surface area contributed by atoms with Gasteiger partial charge in [0.1, 0.15) is 12.8 Å². The number of hydrogen-bond donors (Lipinski definition) is 0. The Hall–Kier alpha value is -2.01. The van der Waals surface area contributed by atoms with Crippen LogP contribution in [0.5, 0.6) is 0 Å². The summed E-state index contributed by atoms with van der Waals surface area (Å²) in [5, 5.41) is 14.0. The Morgan fingerprint density at radius 2 is 2.12 bits per heavy atom. The fourth-order valence-corrected chi connectivity index (χ4v) is 4.15. The van der Waals surface area contributed by atoms with E-state index in [1.807, 2.05) is 30.6 Å². The number of benzene rings is 1. The Labute approximate surface area is 152 Å². The standard InChI is InChI=1S/C18H22N4OSSi/c1-13-17(14-6-5-7-16-18(14)20-11-24-16)15(10-19)21-22(13)12-23-8-9-25(2,3)4/h5-7,11H,8-9,12H2,1-4H3. The molecule has 0 fully saturated rings. The van der Waals surface area contributed by atoms with E-state index in [-0.39, 0.29) is 0 Å². The summed E-state index contributed by atoms with van der Waals surface area (Å²) in [6.07, 6.45) is 0. The molecular formula is C18H22N4OSSi. The van der Waals surface area contributed by atoms with Gasteiger partial charge in [-0.15, -0.1) is 11.3 Å². The smallest absolute Gasteiger partial charge is 0.170 e. The molecule has 2 heterocycles. The molecule has 0 saturated heterocycles. The molecule has 3 rings (SSSR count). The van der Waals surface area contributed by atoms with Crippen molar-refractivity contribution in [2.24, 2.45) is 0 Å². The molecule has 0 spiro atoms. The van der Waals surface area contributed by atoms with Crippen molar-refractivity contribution < 1.29 is 4.74 Å². The lowest BCUT2D eigenvalue weighted by molar-refractivity contribution is 0.0771. The first kappa shape index (κ1) is 17.8. The lowest BCUT2D eigenvalue weighted by Gasteiger charge is -2.15. The normalized spacial score (nSPS) is 11.8. The predicted molar refractivity (Wildman–Crippen MR) is 104 cm³/mol. The molecule has 0 saturated carbocycles. The summed E-state index contributed by atoms with van der Waals surface area (Å²) < 4.78 is 8.70. The highest BCUT2D eigenvalue weighted by molar-refractivity contribution is 7.16. The van der Waals surface area contributed by atoms with Crippen LogP contribution in [0.3, 0.4) is 0 Å². The quantitative estimate of drug-likeness (QED) is 0.468. The Morgan fingerprint density at radius 3 is 2.84 bits per heavy atom. The third-order valence-corrected chi connectivity index (χ3v) is 6.65. The van der Waals surface area contributed by atoms with Gasteiger partial charge in [-0.25, -0.2) is 9.67 Å². The average molecular weight is 371 g/mol. The first-order valence-electron chi connectivity index (χ1n) is 8.28. The Kier molecular flexibility index (Phi) is 5.04. The molecule has 0 aliphatic heterocycles. The Bertz CT molecular complexity index is 933. The maximum absolute atomic E-state index is 9.54. The molecule has 0 aliphatic rings. The van der Waals surface area contributed by atoms with Gasteiger partial charge in [-0.3, -0.25) is 0 Å². The van der Waals surface area contributed by atoms with Gasteiger partial charge in [0.2, 0.25) is 0 Å². The van der Waals surface area contributed by atoms with Crippen LogP contribution in [0.2, 0.25) is 25.7 Å². The van der Waals surface area contributed by atoms with Crippen molar-refractivity contribution in [3.8, 4) is 17.2 Å². The van der Waals surface area contributed by atoms with Crippen molar-refractivity contribution in [3.63, 3.8) is 0 Å². The van der Waals surface area contributed by atoms with E-state index in [9.17, 15) is 5.26 Å². The summed E-state index contributed by atoms with van der Waals surface area (Å²) in [5.74, 6) is 0. The minimum Gasteiger partial charge on any atom is -0.360 e. The van der Waals surface area contributed by atoms with Crippen LogP contribution in [-0.4, -0.2) is 29.4 Å². The van der Waals surface area contributed by atoms with Crippen molar-refractivity contribution in [3.05, 3.63) is 35.1 Å². The number of thiazole rings is 1. The molecule has 130 valence electrons. The second-order valence-electron chi connectivity index (χ2n) is 7.27. The molecule has 1 aromatic carbocycles.